The molecule has 1 saturated heterocycles. The first-order valence-electron chi connectivity index (χ1n) is 9.03. The molecule has 0 saturated carbocycles. The van der Waals surface area contributed by atoms with Gasteiger partial charge in [0.05, 0.1) is 22.8 Å². The number of amides is 2. The van der Waals surface area contributed by atoms with Crippen LogP contribution in [0, 0.1) is 5.82 Å². The minimum Gasteiger partial charge on any atom is -0.374 e. The summed E-state index contributed by atoms with van der Waals surface area (Å²) in [4.78, 5) is 14.2. The minimum atomic E-state index is -0.322. The second-order valence-electron chi connectivity index (χ2n) is 6.67. The van der Waals surface area contributed by atoms with Gasteiger partial charge in [0.15, 0.2) is 0 Å². The van der Waals surface area contributed by atoms with Gasteiger partial charge < -0.3 is 15.4 Å². The molecule has 2 N–H and O–H groups in total. The molecule has 28 heavy (non-hydrogen) atoms. The van der Waals surface area contributed by atoms with Crippen molar-refractivity contribution < 1.29 is 13.9 Å². The first-order valence-corrected chi connectivity index (χ1v) is 9.79. The molecular weight excluding hydrogens is 404 g/mol. The van der Waals surface area contributed by atoms with E-state index >= 15 is 0 Å². The number of urea groups is 1. The van der Waals surface area contributed by atoms with E-state index in [-0.39, 0.29) is 24.5 Å². The van der Waals surface area contributed by atoms with Crippen molar-refractivity contribution in [2.45, 2.75) is 19.2 Å². The molecule has 1 aliphatic heterocycles. The van der Waals surface area contributed by atoms with Crippen LogP contribution in [-0.2, 0) is 17.8 Å². The third-order valence-corrected chi connectivity index (χ3v) is 5.18. The number of nitrogens with one attached hydrogen (secondary N) is 2. The predicted molar refractivity (Wildman–Crippen MR) is 108 cm³/mol. The summed E-state index contributed by atoms with van der Waals surface area (Å²) in [5.41, 5.74) is 1.78. The van der Waals surface area contributed by atoms with E-state index in [4.69, 9.17) is 27.9 Å². The van der Waals surface area contributed by atoms with Crippen LogP contribution < -0.4 is 10.6 Å². The molecule has 5 nitrogen and oxygen atoms in total. The number of benzene rings is 2. The summed E-state index contributed by atoms with van der Waals surface area (Å²) >= 11 is 12.0. The largest absolute Gasteiger partial charge is 0.374 e. The molecule has 0 radical (unpaired) electrons. The molecule has 3 rings (SSSR count). The van der Waals surface area contributed by atoms with E-state index in [1.807, 2.05) is 12.1 Å². The number of halogens is 3. The molecule has 2 aromatic rings. The van der Waals surface area contributed by atoms with Crippen LogP contribution >= 0.6 is 23.2 Å². The van der Waals surface area contributed by atoms with Gasteiger partial charge in [-0.05, 0) is 35.4 Å². The standard InChI is InChI=1S/C20H22Cl2FN3O2/c21-18-5-4-15(9-19(18)22)12-26-6-7-28-17(13-26)11-25-20(27)24-10-14-2-1-3-16(23)8-14/h1-5,8-9,17H,6-7,10-13H2,(H2,24,25,27). The van der Waals surface area contributed by atoms with Gasteiger partial charge in [0.2, 0.25) is 0 Å². The normalized spacial score (nSPS) is 17.3. The molecule has 0 spiro atoms. The van der Waals surface area contributed by atoms with Gasteiger partial charge in [-0.1, -0.05) is 41.4 Å². The number of hydrogen-bond acceptors (Lipinski definition) is 3. The zero-order valence-electron chi connectivity index (χ0n) is 15.3. The molecule has 1 heterocycles. The fourth-order valence-corrected chi connectivity index (χ4v) is 3.36. The molecule has 0 bridgehead atoms. The Morgan fingerprint density at radius 2 is 2.00 bits per heavy atom. The van der Waals surface area contributed by atoms with Crippen LogP contribution in [0.2, 0.25) is 10.0 Å². The Bertz CT molecular complexity index is 822. The minimum absolute atomic E-state index is 0.101. The van der Waals surface area contributed by atoms with E-state index in [1.54, 1.807) is 18.2 Å². The molecule has 2 aromatic carbocycles. The quantitative estimate of drug-likeness (QED) is 0.739. The molecule has 1 atom stereocenters. The molecule has 1 fully saturated rings. The van der Waals surface area contributed by atoms with E-state index in [9.17, 15) is 9.18 Å². The second-order valence-corrected chi connectivity index (χ2v) is 7.48. The number of morpholine rings is 1. The van der Waals surface area contributed by atoms with Crippen LogP contribution in [0.25, 0.3) is 0 Å². The van der Waals surface area contributed by atoms with Gasteiger partial charge in [0.25, 0.3) is 0 Å². The van der Waals surface area contributed by atoms with Crippen LogP contribution in [0.3, 0.4) is 0 Å². The van der Waals surface area contributed by atoms with Crippen molar-refractivity contribution in [3.8, 4) is 0 Å². The SMILES string of the molecule is O=C(NCc1cccc(F)c1)NCC1CN(Cc2ccc(Cl)c(Cl)c2)CCO1. The summed E-state index contributed by atoms with van der Waals surface area (Å²) in [5, 5.41) is 6.60. The van der Waals surface area contributed by atoms with Gasteiger partial charge in [-0.2, -0.15) is 0 Å². The Balaban J connectivity index is 1.41. The topological polar surface area (TPSA) is 53.6 Å². The third kappa shape index (κ3) is 6.34. The maximum absolute atomic E-state index is 13.2. The van der Waals surface area contributed by atoms with Crippen LogP contribution in [0.1, 0.15) is 11.1 Å². The molecule has 150 valence electrons. The lowest BCUT2D eigenvalue weighted by molar-refractivity contribution is -0.0287. The van der Waals surface area contributed by atoms with E-state index in [2.05, 4.69) is 15.5 Å². The lowest BCUT2D eigenvalue weighted by atomic mass is 10.2. The van der Waals surface area contributed by atoms with Gasteiger partial charge in [-0.15, -0.1) is 0 Å². The van der Waals surface area contributed by atoms with E-state index in [0.29, 0.717) is 35.3 Å². The highest BCUT2D eigenvalue weighted by atomic mass is 35.5. The number of hydrogen-bond donors (Lipinski definition) is 2. The third-order valence-electron chi connectivity index (χ3n) is 4.45. The number of ether oxygens (including phenoxy) is 1. The Kier molecular flexibility index (Phi) is 7.50. The molecule has 1 aliphatic rings. The fourth-order valence-electron chi connectivity index (χ4n) is 3.04. The van der Waals surface area contributed by atoms with Gasteiger partial charge in [-0.25, -0.2) is 9.18 Å². The molecule has 1 unspecified atom stereocenters. The molecule has 0 aromatic heterocycles. The summed E-state index contributed by atoms with van der Waals surface area (Å²) in [6.45, 7) is 3.50. The number of nitrogens with zero attached hydrogens (tertiary/aromatic N) is 1. The molecule has 8 heteroatoms. The molecule has 0 aliphatic carbocycles. The van der Waals surface area contributed by atoms with Crippen molar-refractivity contribution in [2.75, 3.05) is 26.2 Å². The monoisotopic (exact) mass is 425 g/mol. The summed E-state index contributed by atoms with van der Waals surface area (Å²) in [5.74, 6) is -0.322. The zero-order valence-corrected chi connectivity index (χ0v) is 16.8. The maximum atomic E-state index is 13.2. The summed E-state index contributed by atoms with van der Waals surface area (Å²) < 4.78 is 18.9. The smallest absolute Gasteiger partial charge is 0.315 e. The summed E-state index contributed by atoms with van der Waals surface area (Å²) in [6.07, 6.45) is -0.101. The van der Waals surface area contributed by atoms with Crippen molar-refractivity contribution in [3.05, 3.63) is 69.5 Å². The van der Waals surface area contributed by atoms with Crippen LogP contribution in [-0.4, -0.2) is 43.3 Å². The molecule has 2 amide bonds. The Hall–Kier alpha value is -1.86. The lowest BCUT2D eigenvalue weighted by Gasteiger charge is -2.33. The first-order chi connectivity index (χ1) is 13.5. The van der Waals surface area contributed by atoms with Crippen molar-refractivity contribution in [3.63, 3.8) is 0 Å². The highest BCUT2D eigenvalue weighted by Crippen LogP contribution is 2.23. The highest BCUT2D eigenvalue weighted by molar-refractivity contribution is 6.42. The Labute approximate surface area is 173 Å². The first kappa shape index (κ1) is 20.9. The van der Waals surface area contributed by atoms with Crippen LogP contribution in [0.15, 0.2) is 42.5 Å². The predicted octanol–water partition coefficient (Wildman–Crippen LogP) is 3.83. The molecular formula is C20H22Cl2FN3O2. The fraction of sp³-hybridized carbons (Fsp3) is 0.350. The van der Waals surface area contributed by atoms with Crippen LogP contribution in [0.4, 0.5) is 9.18 Å². The average molecular weight is 426 g/mol. The lowest BCUT2D eigenvalue weighted by Crippen LogP contribution is -2.48. The van der Waals surface area contributed by atoms with Gasteiger partial charge in [0, 0.05) is 32.7 Å². The van der Waals surface area contributed by atoms with Gasteiger partial charge in [-0.3, -0.25) is 4.90 Å². The Morgan fingerprint density at radius 3 is 2.79 bits per heavy atom. The highest BCUT2D eigenvalue weighted by Gasteiger charge is 2.21. The van der Waals surface area contributed by atoms with Gasteiger partial charge >= 0.3 is 6.03 Å². The Morgan fingerprint density at radius 1 is 1.14 bits per heavy atom. The van der Waals surface area contributed by atoms with Crippen molar-refractivity contribution >= 4 is 29.2 Å². The number of rotatable bonds is 6. The van der Waals surface area contributed by atoms with E-state index in [0.717, 1.165) is 18.7 Å². The van der Waals surface area contributed by atoms with Gasteiger partial charge in [0.1, 0.15) is 5.82 Å². The average Bonchev–Trinajstić information content (AvgIpc) is 2.68. The zero-order chi connectivity index (χ0) is 19.9. The van der Waals surface area contributed by atoms with E-state index < -0.39 is 0 Å². The maximum Gasteiger partial charge on any atom is 0.315 e. The second kappa shape index (κ2) is 10.1. The van der Waals surface area contributed by atoms with Crippen LogP contribution in [0.5, 0.6) is 0 Å². The number of carbonyl (C=O) groups is 1. The van der Waals surface area contributed by atoms with Crippen molar-refractivity contribution in [1.29, 1.82) is 0 Å². The summed E-state index contributed by atoms with van der Waals surface area (Å²) in [6, 6.07) is 11.4. The van der Waals surface area contributed by atoms with E-state index in [1.165, 1.54) is 12.1 Å². The summed E-state index contributed by atoms with van der Waals surface area (Å²) in [7, 11) is 0. The number of carbonyl (C=O) groups excluding carboxylic acids is 1. The van der Waals surface area contributed by atoms with Crippen molar-refractivity contribution in [2.24, 2.45) is 0 Å². The van der Waals surface area contributed by atoms with Crippen molar-refractivity contribution in [1.82, 2.24) is 15.5 Å².